The molecular weight excluding hydrogens is 502 g/mol. The number of ether oxygens (including phenoxy) is 1. The lowest BCUT2D eigenvalue weighted by Crippen LogP contribution is -2.39. The summed E-state index contributed by atoms with van der Waals surface area (Å²) in [5.41, 5.74) is 11.7. The molecule has 0 spiro atoms. The molecule has 0 saturated heterocycles. The molecule has 6 N–H and O–H groups in total. The number of nitrogens with one attached hydrogen (secondary N) is 4. The van der Waals surface area contributed by atoms with Crippen molar-refractivity contribution in [2.75, 3.05) is 11.2 Å². The largest absolute Gasteiger partial charge is 0.443 e. The molecule has 35 heavy (non-hydrogen) atoms. The molecule has 0 saturated carbocycles. The molecule has 0 aliphatic rings. The zero-order valence-corrected chi connectivity index (χ0v) is 20.5. The van der Waals surface area contributed by atoms with E-state index in [1.807, 2.05) is 5.48 Å². The molecule has 0 radical (unpaired) electrons. The van der Waals surface area contributed by atoms with E-state index in [0.717, 1.165) is 18.0 Å². The van der Waals surface area contributed by atoms with Crippen LogP contribution in [0.1, 0.15) is 31.1 Å². The van der Waals surface area contributed by atoms with E-state index in [0.29, 0.717) is 4.90 Å². The van der Waals surface area contributed by atoms with E-state index in [9.17, 15) is 24.5 Å². The highest BCUT2D eigenvalue weighted by Crippen LogP contribution is 2.23. The quantitative estimate of drug-likeness (QED) is 0.146. The number of hydrazine groups is 1. The van der Waals surface area contributed by atoms with Gasteiger partial charge in [-0.25, -0.2) is 20.0 Å². The number of hydroxylamine groups is 1. The first-order chi connectivity index (χ1) is 16.4. The van der Waals surface area contributed by atoms with Crippen LogP contribution in [-0.4, -0.2) is 50.3 Å². The van der Waals surface area contributed by atoms with Gasteiger partial charge in [-0.3, -0.25) is 20.3 Å². The Balaban J connectivity index is 1.81. The van der Waals surface area contributed by atoms with Gasteiger partial charge in [0.2, 0.25) is 0 Å². The van der Waals surface area contributed by atoms with Crippen LogP contribution >= 0.6 is 24.0 Å². The Morgan fingerprint density at radius 1 is 1.34 bits per heavy atom. The van der Waals surface area contributed by atoms with Crippen molar-refractivity contribution in [2.45, 2.75) is 37.3 Å². The van der Waals surface area contributed by atoms with Crippen molar-refractivity contribution in [1.82, 2.24) is 20.9 Å². The topological polar surface area (TPSA) is 204 Å². The van der Waals surface area contributed by atoms with Crippen LogP contribution < -0.4 is 22.1 Å². The molecule has 0 unspecified atom stereocenters. The third-order valence-corrected chi connectivity index (χ3v) is 5.37. The van der Waals surface area contributed by atoms with Gasteiger partial charge in [-0.1, -0.05) is 12.2 Å². The molecule has 188 valence electrons. The van der Waals surface area contributed by atoms with Crippen molar-refractivity contribution in [3.05, 3.63) is 50.9 Å². The van der Waals surface area contributed by atoms with Crippen molar-refractivity contribution in [3.63, 3.8) is 0 Å². The van der Waals surface area contributed by atoms with Crippen LogP contribution in [0.15, 0.2) is 35.5 Å². The number of thioether (sulfide) groups is 1. The van der Waals surface area contributed by atoms with Gasteiger partial charge in [0.15, 0.2) is 0 Å². The minimum Gasteiger partial charge on any atom is -0.443 e. The summed E-state index contributed by atoms with van der Waals surface area (Å²) in [7, 11) is 0. The van der Waals surface area contributed by atoms with Gasteiger partial charge in [-0.2, -0.15) is 5.48 Å². The van der Waals surface area contributed by atoms with Crippen molar-refractivity contribution in [3.8, 4) is 0 Å². The first-order valence-corrected chi connectivity index (χ1v) is 11.2. The molecule has 2 amide bonds. The number of hydrogen-bond acceptors (Lipinski definition) is 12. The number of aromatic nitrogens is 2. The number of H-pyrrole nitrogens is 1. The minimum atomic E-state index is -1.16. The van der Waals surface area contributed by atoms with E-state index >= 15 is 0 Å². The summed E-state index contributed by atoms with van der Waals surface area (Å²) >= 11 is 6.09. The fourth-order valence-electron chi connectivity index (χ4n) is 2.16. The minimum absolute atomic E-state index is 0.0140. The lowest BCUT2D eigenvalue weighted by atomic mass is 10.2. The van der Waals surface area contributed by atoms with Crippen LogP contribution in [0.2, 0.25) is 0 Å². The number of carbonyl (C=O) groups is 3. The third kappa shape index (κ3) is 9.19. The van der Waals surface area contributed by atoms with E-state index < -0.39 is 34.5 Å². The van der Waals surface area contributed by atoms with Crippen LogP contribution in [0.5, 0.6) is 0 Å². The summed E-state index contributed by atoms with van der Waals surface area (Å²) in [4.78, 5) is 57.8. The Kier molecular flexibility index (Phi) is 9.50. The standard InChI is InChI=1S/C19H23N7O7S2/c1-19(2,3)32-18(29)24-23-14-5-4-10(7-21-14)15(27)25-33-17(28)12(20)9-35-13-6-11(26(30)31)8-22-16(13)34/h4-8,12H,9,20H2,1-3H3,(H,21,23)(H,22,34)(H,24,29)(H,25,27)/t12-/m0/s1. The number of nitrogens with two attached hydrogens (primary N) is 1. The smallest absolute Gasteiger partial charge is 0.426 e. The van der Waals surface area contributed by atoms with E-state index in [-0.39, 0.29) is 27.5 Å². The van der Waals surface area contributed by atoms with E-state index in [1.165, 1.54) is 24.4 Å². The summed E-state index contributed by atoms with van der Waals surface area (Å²) < 4.78 is 5.31. The van der Waals surface area contributed by atoms with Gasteiger partial charge in [0.25, 0.3) is 11.6 Å². The molecule has 2 rings (SSSR count). The number of pyridine rings is 2. The van der Waals surface area contributed by atoms with Gasteiger partial charge in [0, 0.05) is 22.9 Å². The second kappa shape index (κ2) is 12.1. The van der Waals surface area contributed by atoms with Crippen LogP contribution in [0, 0.1) is 14.8 Å². The lowest BCUT2D eigenvalue weighted by molar-refractivity contribution is -0.385. The van der Waals surface area contributed by atoms with Crippen LogP contribution in [0.3, 0.4) is 0 Å². The van der Waals surface area contributed by atoms with E-state index in [4.69, 9.17) is 27.5 Å². The molecule has 16 heteroatoms. The summed E-state index contributed by atoms with van der Waals surface area (Å²) in [6, 6.07) is 2.88. The number of rotatable bonds is 8. The van der Waals surface area contributed by atoms with Crippen molar-refractivity contribution in [2.24, 2.45) is 5.73 Å². The van der Waals surface area contributed by atoms with Crippen molar-refractivity contribution < 1.29 is 28.9 Å². The van der Waals surface area contributed by atoms with Gasteiger partial charge < -0.3 is 20.3 Å². The third-order valence-electron chi connectivity index (χ3n) is 3.75. The highest BCUT2D eigenvalue weighted by atomic mass is 32.2. The predicted molar refractivity (Wildman–Crippen MR) is 128 cm³/mol. The van der Waals surface area contributed by atoms with Crippen LogP contribution in [0.4, 0.5) is 16.3 Å². The van der Waals surface area contributed by atoms with Gasteiger partial charge in [-0.15, -0.1) is 11.8 Å². The normalized spacial score (nSPS) is 11.7. The molecule has 14 nitrogen and oxygen atoms in total. The maximum Gasteiger partial charge on any atom is 0.426 e. The number of nitro groups is 1. The summed E-state index contributed by atoms with van der Waals surface area (Å²) in [5.74, 6) is -1.49. The number of amides is 2. The predicted octanol–water partition coefficient (Wildman–Crippen LogP) is 2.21. The Labute approximate surface area is 208 Å². The van der Waals surface area contributed by atoms with Crippen molar-refractivity contribution >= 4 is 53.5 Å². The van der Waals surface area contributed by atoms with Gasteiger partial charge in [-0.05, 0) is 32.9 Å². The average molecular weight is 526 g/mol. The Morgan fingerprint density at radius 3 is 2.66 bits per heavy atom. The fourth-order valence-corrected chi connectivity index (χ4v) is 3.35. The van der Waals surface area contributed by atoms with Gasteiger partial charge in [0.1, 0.15) is 22.1 Å². The molecule has 0 bridgehead atoms. The Bertz CT molecular complexity index is 1150. The zero-order chi connectivity index (χ0) is 26.2. The first kappa shape index (κ1) is 27.5. The molecule has 0 aliphatic heterocycles. The second-order valence-corrected chi connectivity index (χ2v) is 9.23. The maximum atomic E-state index is 12.2. The molecule has 2 heterocycles. The molecule has 2 aromatic heterocycles. The molecule has 1 atom stereocenters. The monoisotopic (exact) mass is 525 g/mol. The lowest BCUT2D eigenvalue weighted by Gasteiger charge is -2.19. The molecule has 0 aliphatic carbocycles. The summed E-state index contributed by atoms with van der Waals surface area (Å²) in [6.45, 7) is 5.14. The van der Waals surface area contributed by atoms with Crippen molar-refractivity contribution in [1.29, 1.82) is 0 Å². The van der Waals surface area contributed by atoms with Crippen LogP contribution in [-0.2, 0) is 14.4 Å². The summed E-state index contributed by atoms with van der Waals surface area (Å²) in [6.07, 6.45) is 1.63. The number of anilines is 1. The fraction of sp³-hybridized carbons (Fsp3) is 0.316. The Morgan fingerprint density at radius 2 is 2.06 bits per heavy atom. The number of aromatic amines is 1. The highest BCUT2D eigenvalue weighted by molar-refractivity contribution is 7.99. The average Bonchev–Trinajstić information content (AvgIpc) is 2.79. The number of hydrogen-bond donors (Lipinski definition) is 5. The molecule has 2 aromatic rings. The highest BCUT2D eigenvalue weighted by Gasteiger charge is 2.19. The SMILES string of the molecule is CC(C)(C)OC(=O)NNc1ccc(C(=O)NOC(=O)[C@@H](N)CSc2cc([N+](=O)[O-])c[nH]c2=S)cn1. The molecule has 0 aromatic carbocycles. The van der Waals surface area contributed by atoms with Crippen LogP contribution in [0.25, 0.3) is 0 Å². The van der Waals surface area contributed by atoms with E-state index in [2.05, 4.69) is 20.8 Å². The van der Waals surface area contributed by atoms with E-state index in [1.54, 1.807) is 20.8 Å². The maximum absolute atomic E-state index is 12.2. The summed E-state index contributed by atoms with van der Waals surface area (Å²) in [5, 5.41) is 10.9. The number of carbonyl (C=O) groups excluding carboxylic acids is 3. The molecule has 0 fully saturated rings. The van der Waals surface area contributed by atoms with Gasteiger partial charge >= 0.3 is 12.1 Å². The second-order valence-electron chi connectivity index (χ2n) is 7.76. The molecular formula is C19H23N7O7S2. The van der Waals surface area contributed by atoms with Gasteiger partial charge in [0.05, 0.1) is 16.7 Å². The zero-order valence-electron chi connectivity index (χ0n) is 18.8. The first-order valence-electron chi connectivity index (χ1n) is 9.83. The number of nitrogens with zero attached hydrogens (tertiary/aromatic N) is 2. The Hall–Kier alpha value is -3.76.